The lowest BCUT2D eigenvalue weighted by Gasteiger charge is -2.39. The Morgan fingerprint density at radius 2 is 1.50 bits per heavy atom. The van der Waals surface area contributed by atoms with Gasteiger partial charge < -0.3 is 5.32 Å². The normalized spacial score (nSPS) is 24.8. The van der Waals surface area contributed by atoms with E-state index in [9.17, 15) is 0 Å². The van der Waals surface area contributed by atoms with Crippen molar-refractivity contribution in [2.45, 2.75) is 56.0 Å². The summed E-state index contributed by atoms with van der Waals surface area (Å²) in [5, 5.41) is 4.05. The zero-order chi connectivity index (χ0) is 14.8. The molecular weight excluding hydrogens is 339 g/mol. The Hall–Kier alpha value is -1.09. The summed E-state index contributed by atoms with van der Waals surface area (Å²) in [4.78, 5) is 4.21. The fourth-order valence-electron chi connectivity index (χ4n) is 4.60. The molecule has 2 fully saturated rings. The molecule has 1 aromatic heterocycles. The van der Waals surface area contributed by atoms with Gasteiger partial charge >= 0.3 is 0 Å². The molecule has 1 N–H and O–H groups in total. The van der Waals surface area contributed by atoms with Crippen molar-refractivity contribution in [3.8, 4) is 0 Å². The second-order valence-electron chi connectivity index (χ2n) is 6.89. The maximum absolute atomic E-state index is 4.21. The van der Waals surface area contributed by atoms with E-state index in [1.54, 1.807) is 0 Å². The van der Waals surface area contributed by atoms with Crippen LogP contribution in [0.5, 0.6) is 0 Å². The highest BCUT2D eigenvalue weighted by Gasteiger charge is 2.47. The summed E-state index contributed by atoms with van der Waals surface area (Å²) < 4.78 is 0. The molecule has 0 radical (unpaired) electrons. The molecule has 1 saturated carbocycles. The molecule has 1 aliphatic heterocycles. The summed E-state index contributed by atoms with van der Waals surface area (Å²) in [5.74, 6) is 0.612. The molecule has 24 heavy (non-hydrogen) atoms. The van der Waals surface area contributed by atoms with Crippen molar-refractivity contribution < 1.29 is 0 Å². The number of nitrogens with one attached hydrogen (secondary N) is 1. The van der Waals surface area contributed by atoms with Crippen LogP contribution >= 0.6 is 24.8 Å². The fraction of sp³-hybridized carbons (Fsp3) is 0.450. The first-order chi connectivity index (χ1) is 10.9. The minimum atomic E-state index is 0. The van der Waals surface area contributed by atoms with Crippen LogP contribution in [-0.4, -0.2) is 10.5 Å². The Morgan fingerprint density at radius 1 is 0.833 bits per heavy atom. The van der Waals surface area contributed by atoms with Crippen LogP contribution in [-0.2, 0) is 0 Å². The summed E-state index contributed by atoms with van der Waals surface area (Å²) in [6.45, 7) is 0. The Labute approximate surface area is 157 Å². The van der Waals surface area contributed by atoms with Crippen molar-refractivity contribution in [1.29, 1.82) is 0 Å². The Kier molecular flexibility index (Phi) is 6.68. The van der Waals surface area contributed by atoms with Gasteiger partial charge in [-0.2, -0.15) is 0 Å². The average Bonchev–Trinajstić information content (AvgIpc) is 2.96. The van der Waals surface area contributed by atoms with Gasteiger partial charge in [-0.3, -0.25) is 4.98 Å². The van der Waals surface area contributed by atoms with E-state index in [0.717, 1.165) is 0 Å². The van der Waals surface area contributed by atoms with E-state index in [-0.39, 0.29) is 24.8 Å². The SMILES string of the molecule is Cl.Cl.c1ccc([C@@H]2C[C@H](c3ccncc3)C3(CCCCC3)N2)cc1. The molecule has 2 heterocycles. The Bertz CT molecular complexity index is 612. The van der Waals surface area contributed by atoms with Crippen molar-refractivity contribution in [2.24, 2.45) is 0 Å². The maximum atomic E-state index is 4.21. The Balaban J connectivity index is 0.00000104. The number of aromatic nitrogens is 1. The number of pyridine rings is 1. The Morgan fingerprint density at radius 3 is 2.17 bits per heavy atom. The second-order valence-corrected chi connectivity index (χ2v) is 6.89. The van der Waals surface area contributed by atoms with Gasteiger partial charge in [-0.15, -0.1) is 24.8 Å². The van der Waals surface area contributed by atoms with Crippen LogP contribution < -0.4 is 5.32 Å². The molecule has 2 aromatic rings. The summed E-state index contributed by atoms with van der Waals surface area (Å²) >= 11 is 0. The molecule has 4 rings (SSSR count). The number of rotatable bonds is 2. The van der Waals surface area contributed by atoms with E-state index in [0.29, 0.717) is 17.5 Å². The van der Waals surface area contributed by atoms with Gasteiger partial charge in [-0.05, 0) is 42.5 Å². The number of hydrogen-bond donors (Lipinski definition) is 1. The van der Waals surface area contributed by atoms with Crippen molar-refractivity contribution in [3.05, 3.63) is 66.0 Å². The summed E-state index contributed by atoms with van der Waals surface area (Å²) in [6.07, 6.45) is 11.8. The number of benzene rings is 1. The predicted molar refractivity (Wildman–Crippen MR) is 104 cm³/mol. The summed E-state index contributed by atoms with van der Waals surface area (Å²) in [6, 6.07) is 15.9. The van der Waals surface area contributed by atoms with Crippen molar-refractivity contribution in [2.75, 3.05) is 0 Å². The molecule has 130 valence electrons. The van der Waals surface area contributed by atoms with Crippen LogP contribution in [0.4, 0.5) is 0 Å². The van der Waals surface area contributed by atoms with Gasteiger partial charge in [0.1, 0.15) is 0 Å². The van der Waals surface area contributed by atoms with Crippen LogP contribution in [0.25, 0.3) is 0 Å². The van der Waals surface area contributed by atoms with E-state index in [2.05, 4.69) is 52.8 Å². The maximum Gasteiger partial charge on any atom is 0.0331 e. The first-order valence-electron chi connectivity index (χ1n) is 8.60. The molecule has 2 nitrogen and oxygen atoms in total. The number of hydrogen-bond acceptors (Lipinski definition) is 2. The first-order valence-corrected chi connectivity index (χ1v) is 8.60. The topological polar surface area (TPSA) is 24.9 Å². The van der Waals surface area contributed by atoms with E-state index >= 15 is 0 Å². The van der Waals surface area contributed by atoms with Gasteiger partial charge in [0.15, 0.2) is 0 Å². The van der Waals surface area contributed by atoms with Gasteiger partial charge in [-0.1, -0.05) is 49.6 Å². The molecule has 0 amide bonds. The lowest BCUT2D eigenvalue weighted by molar-refractivity contribution is 0.231. The van der Waals surface area contributed by atoms with E-state index < -0.39 is 0 Å². The third-order valence-corrected chi connectivity index (χ3v) is 5.66. The van der Waals surface area contributed by atoms with Gasteiger partial charge in [0.05, 0.1) is 0 Å². The molecule has 4 heteroatoms. The molecule has 2 atom stereocenters. The van der Waals surface area contributed by atoms with Crippen molar-refractivity contribution in [3.63, 3.8) is 0 Å². The highest BCUT2D eigenvalue weighted by Crippen LogP contribution is 2.50. The highest BCUT2D eigenvalue weighted by molar-refractivity contribution is 5.85. The predicted octanol–water partition coefficient (Wildman–Crippen LogP) is 5.45. The average molecular weight is 365 g/mol. The molecule has 0 bridgehead atoms. The highest BCUT2D eigenvalue weighted by atomic mass is 35.5. The van der Waals surface area contributed by atoms with Crippen molar-refractivity contribution >= 4 is 24.8 Å². The second kappa shape index (κ2) is 8.33. The zero-order valence-corrected chi connectivity index (χ0v) is 15.5. The minimum absolute atomic E-state index is 0. The van der Waals surface area contributed by atoms with Crippen molar-refractivity contribution in [1.82, 2.24) is 10.3 Å². The first kappa shape index (κ1) is 19.2. The fourth-order valence-corrected chi connectivity index (χ4v) is 4.60. The zero-order valence-electron chi connectivity index (χ0n) is 13.9. The van der Waals surface area contributed by atoms with E-state index in [1.807, 2.05) is 12.4 Å². The van der Waals surface area contributed by atoms with E-state index in [1.165, 1.54) is 49.7 Å². The quantitative estimate of drug-likeness (QED) is 0.766. The standard InChI is InChI=1S/C20H24N2.2ClH/c1-3-7-17(8-4-1)19-15-18(16-9-13-21-14-10-16)20(22-19)11-5-2-6-12-20;;/h1,3-4,7-10,13-14,18-19,22H,2,5-6,11-12,15H2;2*1H/t18-,19+;;/m1../s1. The molecule has 0 unspecified atom stereocenters. The smallest absolute Gasteiger partial charge is 0.0331 e. The van der Waals surface area contributed by atoms with Gasteiger partial charge in [0.25, 0.3) is 0 Å². The van der Waals surface area contributed by atoms with Crippen LogP contribution in [0, 0.1) is 0 Å². The third-order valence-electron chi connectivity index (χ3n) is 5.66. The lowest BCUT2D eigenvalue weighted by Crippen LogP contribution is -2.46. The van der Waals surface area contributed by atoms with Gasteiger partial charge in [0.2, 0.25) is 0 Å². The van der Waals surface area contributed by atoms with Crippen LogP contribution in [0.1, 0.15) is 61.6 Å². The largest absolute Gasteiger partial charge is 0.304 e. The van der Waals surface area contributed by atoms with Crippen LogP contribution in [0.2, 0.25) is 0 Å². The number of halogens is 2. The number of nitrogens with zero attached hydrogens (tertiary/aromatic N) is 1. The van der Waals surface area contributed by atoms with Crippen LogP contribution in [0.3, 0.4) is 0 Å². The van der Waals surface area contributed by atoms with Gasteiger partial charge in [-0.25, -0.2) is 0 Å². The lowest BCUT2D eigenvalue weighted by atomic mass is 9.71. The minimum Gasteiger partial charge on any atom is -0.304 e. The monoisotopic (exact) mass is 364 g/mol. The molecular formula is C20H26Cl2N2. The van der Waals surface area contributed by atoms with Gasteiger partial charge in [0, 0.05) is 29.9 Å². The summed E-state index contributed by atoms with van der Waals surface area (Å²) in [5.41, 5.74) is 3.19. The van der Waals surface area contributed by atoms with E-state index in [4.69, 9.17) is 0 Å². The molecule has 1 spiro atoms. The molecule has 1 saturated heterocycles. The third kappa shape index (κ3) is 3.61. The summed E-state index contributed by atoms with van der Waals surface area (Å²) in [7, 11) is 0. The molecule has 2 aliphatic rings. The molecule has 1 aromatic carbocycles. The molecule has 1 aliphatic carbocycles. The van der Waals surface area contributed by atoms with Crippen LogP contribution in [0.15, 0.2) is 54.9 Å².